The zero-order chi connectivity index (χ0) is 13.0. The van der Waals surface area contributed by atoms with Crippen molar-refractivity contribution in [2.24, 2.45) is 11.8 Å². The number of hydrazine groups is 1. The smallest absolute Gasteiger partial charge is 0.247 e. The topological polar surface area (TPSA) is 81.1 Å². The summed E-state index contributed by atoms with van der Waals surface area (Å²) in [6.07, 6.45) is 0. The van der Waals surface area contributed by atoms with Crippen molar-refractivity contribution in [3.8, 4) is 0 Å². The minimum Gasteiger partial charge on any atom is -0.399 e. The molecule has 1 amide bonds. The van der Waals surface area contributed by atoms with E-state index in [9.17, 15) is 4.79 Å². The van der Waals surface area contributed by atoms with E-state index in [0.717, 1.165) is 10.5 Å². The number of rotatable bonds is 4. The van der Waals surface area contributed by atoms with E-state index in [1.807, 2.05) is 39.0 Å². The van der Waals surface area contributed by atoms with Crippen LogP contribution in [0.5, 0.6) is 0 Å². The number of hydrogen-bond acceptors (Lipinski definition) is 4. The Morgan fingerprint density at radius 2 is 2.06 bits per heavy atom. The Morgan fingerprint density at radius 1 is 1.41 bits per heavy atom. The molecular formula is C12H19N3OS. The lowest BCUT2D eigenvalue weighted by atomic mass is 10.1. The number of nitrogen functional groups attached to an aromatic ring is 1. The van der Waals surface area contributed by atoms with E-state index >= 15 is 0 Å². The summed E-state index contributed by atoms with van der Waals surface area (Å²) < 4.78 is 0. The lowest BCUT2D eigenvalue weighted by Gasteiger charge is -2.19. The van der Waals surface area contributed by atoms with E-state index in [-0.39, 0.29) is 17.1 Å². The van der Waals surface area contributed by atoms with Crippen LogP contribution < -0.4 is 17.0 Å². The zero-order valence-electron chi connectivity index (χ0n) is 10.4. The van der Waals surface area contributed by atoms with Gasteiger partial charge < -0.3 is 5.73 Å². The van der Waals surface area contributed by atoms with Gasteiger partial charge in [0.25, 0.3) is 0 Å². The van der Waals surface area contributed by atoms with Gasteiger partial charge in [0.2, 0.25) is 5.91 Å². The molecule has 5 heteroatoms. The van der Waals surface area contributed by atoms with Gasteiger partial charge in [0.05, 0.1) is 5.25 Å². The molecule has 94 valence electrons. The van der Waals surface area contributed by atoms with Crippen LogP contribution in [0.1, 0.15) is 19.4 Å². The number of nitrogens with two attached hydrogens (primary N) is 2. The summed E-state index contributed by atoms with van der Waals surface area (Å²) in [5.74, 6) is 5.23. The largest absolute Gasteiger partial charge is 0.399 e. The maximum absolute atomic E-state index is 11.7. The van der Waals surface area contributed by atoms with E-state index in [0.29, 0.717) is 5.69 Å². The zero-order valence-corrected chi connectivity index (χ0v) is 11.2. The summed E-state index contributed by atoms with van der Waals surface area (Å²) in [5, 5.41) is -0.208. The lowest BCUT2D eigenvalue weighted by molar-refractivity contribution is -0.121. The Balaban J connectivity index is 2.93. The standard InChI is InChI=1S/C12H19N3OS/c1-7(2)11(12(16)15-14)17-10-6-9(13)5-4-8(10)3/h4-7,11H,13-14H2,1-3H3,(H,15,16). The van der Waals surface area contributed by atoms with E-state index in [1.54, 1.807) is 0 Å². The van der Waals surface area contributed by atoms with Gasteiger partial charge in [0, 0.05) is 10.6 Å². The Labute approximate surface area is 106 Å². The van der Waals surface area contributed by atoms with E-state index in [4.69, 9.17) is 11.6 Å². The highest BCUT2D eigenvalue weighted by molar-refractivity contribution is 8.00. The van der Waals surface area contributed by atoms with Crippen molar-refractivity contribution in [1.82, 2.24) is 5.43 Å². The number of benzene rings is 1. The molecule has 0 saturated carbocycles. The summed E-state index contributed by atoms with van der Waals surface area (Å²) >= 11 is 1.50. The molecule has 0 spiro atoms. The van der Waals surface area contributed by atoms with Crippen molar-refractivity contribution >= 4 is 23.4 Å². The van der Waals surface area contributed by atoms with Gasteiger partial charge in [-0.15, -0.1) is 11.8 Å². The minimum absolute atomic E-state index is 0.160. The van der Waals surface area contributed by atoms with Gasteiger partial charge in [-0.05, 0) is 30.5 Å². The van der Waals surface area contributed by atoms with Gasteiger partial charge in [-0.25, -0.2) is 5.84 Å². The second-order valence-electron chi connectivity index (χ2n) is 4.32. The van der Waals surface area contributed by atoms with Crippen molar-refractivity contribution < 1.29 is 4.79 Å². The molecule has 4 nitrogen and oxygen atoms in total. The fourth-order valence-electron chi connectivity index (χ4n) is 1.45. The lowest BCUT2D eigenvalue weighted by Crippen LogP contribution is -2.39. The summed E-state index contributed by atoms with van der Waals surface area (Å²) in [6.45, 7) is 5.99. The highest BCUT2D eigenvalue weighted by Crippen LogP contribution is 2.31. The number of anilines is 1. The molecule has 0 aliphatic heterocycles. The minimum atomic E-state index is -0.208. The first-order chi connectivity index (χ1) is 7.95. The first-order valence-corrected chi connectivity index (χ1v) is 6.37. The molecule has 17 heavy (non-hydrogen) atoms. The van der Waals surface area contributed by atoms with Gasteiger partial charge in [-0.1, -0.05) is 19.9 Å². The normalized spacial score (nSPS) is 12.5. The maximum Gasteiger partial charge on any atom is 0.247 e. The molecule has 1 unspecified atom stereocenters. The highest BCUT2D eigenvalue weighted by Gasteiger charge is 2.23. The van der Waals surface area contributed by atoms with Crippen LogP contribution in [0.2, 0.25) is 0 Å². The molecule has 1 aromatic rings. The van der Waals surface area contributed by atoms with Crippen molar-refractivity contribution in [2.75, 3.05) is 5.73 Å². The molecule has 5 N–H and O–H groups in total. The van der Waals surface area contributed by atoms with Crippen LogP contribution >= 0.6 is 11.8 Å². The van der Waals surface area contributed by atoms with Crippen LogP contribution in [-0.4, -0.2) is 11.2 Å². The quantitative estimate of drug-likeness (QED) is 0.251. The number of amides is 1. The van der Waals surface area contributed by atoms with Gasteiger partial charge in [-0.3, -0.25) is 10.2 Å². The van der Waals surface area contributed by atoms with Crippen LogP contribution in [-0.2, 0) is 4.79 Å². The first-order valence-electron chi connectivity index (χ1n) is 5.49. The second kappa shape index (κ2) is 5.93. The number of nitrogens with one attached hydrogen (secondary N) is 1. The summed E-state index contributed by atoms with van der Waals surface area (Å²) in [5.41, 5.74) is 9.77. The number of aryl methyl sites for hydroxylation is 1. The van der Waals surface area contributed by atoms with Crippen LogP contribution in [0.15, 0.2) is 23.1 Å². The van der Waals surface area contributed by atoms with Gasteiger partial charge in [0.15, 0.2) is 0 Å². The number of hydrogen-bond donors (Lipinski definition) is 3. The monoisotopic (exact) mass is 253 g/mol. The SMILES string of the molecule is Cc1ccc(N)cc1SC(C(=O)NN)C(C)C. The van der Waals surface area contributed by atoms with Crippen LogP contribution in [0.25, 0.3) is 0 Å². The third-order valence-corrected chi connectivity index (χ3v) is 4.18. The maximum atomic E-state index is 11.7. The van der Waals surface area contributed by atoms with Gasteiger partial charge in [0.1, 0.15) is 0 Å². The molecule has 1 aromatic carbocycles. The highest BCUT2D eigenvalue weighted by atomic mass is 32.2. The average molecular weight is 253 g/mol. The van der Waals surface area contributed by atoms with E-state index in [1.165, 1.54) is 11.8 Å². The summed E-state index contributed by atoms with van der Waals surface area (Å²) in [6, 6.07) is 5.70. The predicted molar refractivity (Wildman–Crippen MR) is 72.4 cm³/mol. The number of carbonyl (C=O) groups is 1. The Morgan fingerprint density at radius 3 is 2.59 bits per heavy atom. The van der Waals surface area contributed by atoms with Crippen LogP contribution in [0.3, 0.4) is 0 Å². The third-order valence-electron chi connectivity index (χ3n) is 2.47. The number of thioether (sulfide) groups is 1. The molecule has 1 rings (SSSR count). The van der Waals surface area contributed by atoms with Crippen LogP contribution in [0.4, 0.5) is 5.69 Å². The molecule has 0 radical (unpaired) electrons. The third kappa shape index (κ3) is 3.64. The van der Waals surface area contributed by atoms with Gasteiger partial charge in [-0.2, -0.15) is 0 Å². The fourth-order valence-corrected chi connectivity index (χ4v) is 2.63. The second-order valence-corrected chi connectivity index (χ2v) is 5.50. The Hall–Kier alpha value is -1.20. The molecule has 0 heterocycles. The molecule has 0 saturated heterocycles. The van der Waals surface area contributed by atoms with Crippen molar-refractivity contribution in [1.29, 1.82) is 0 Å². The fraction of sp³-hybridized carbons (Fsp3) is 0.417. The van der Waals surface area contributed by atoms with Gasteiger partial charge >= 0.3 is 0 Å². The Bertz CT molecular complexity index is 407. The first kappa shape index (κ1) is 13.9. The summed E-state index contributed by atoms with van der Waals surface area (Å²) in [4.78, 5) is 12.7. The Kier molecular flexibility index (Phi) is 4.84. The molecule has 0 aromatic heterocycles. The average Bonchev–Trinajstić information content (AvgIpc) is 2.28. The molecule has 0 aliphatic carbocycles. The summed E-state index contributed by atoms with van der Waals surface area (Å²) in [7, 11) is 0. The van der Waals surface area contributed by atoms with Crippen molar-refractivity contribution in [2.45, 2.75) is 30.9 Å². The molecule has 1 atom stereocenters. The molecule has 0 fully saturated rings. The van der Waals surface area contributed by atoms with E-state index in [2.05, 4.69) is 5.43 Å². The van der Waals surface area contributed by atoms with E-state index < -0.39 is 0 Å². The molecule has 0 bridgehead atoms. The van der Waals surface area contributed by atoms with Crippen molar-refractivity contribution in [3.05, 3.63) is 23.8 Å². The molecular weight excluding hydrogens is 234 g/mol. The van der Waals surface area contributed by atoms with Crippen LogP contribution in [0, 0.1) is 12.8 Å². The molecule has 0 aliphatic rings. The van der Waals surface area contributed by atoms with Crippen molar-refractivity contribution in [3.63, 3.8) is 0 Å². The number of carbonyl (C=O) groups excluding carboxylic acids is 1. The predicted octanol–water partition coefficient (Wildman–Crippen LogP) is 1.68.